The third-order valence-corrected chi connectivity index (χ3v) is 3.52. The lowest BCUT2D eigenvalue weighted by Crippen LogP contribution is -2.42. The molecule has 0 aliphatic rings. The van der Waals surface area contributed by atoms with Gasteiger partial charge in [-0.1, -0.05) is 30.3 Å². The van der Waals surface area contributed by atoms with Gasteiger partial charge < -0.3 is 16.2 Å². The van der Waals surface area contributed by atoms with Crippen molar-refractivity contribution in [1.29, 1.82) is 0 Å². The second-order valence-electron chi connectivity index (χ2n) is 4.46. The Morgan fingerprint density at radius 3 is 2.55 bits per heavy atom. The number of amides is 1. The number of hydrogen-bond donors (Lipinski definition) is 3. The Hall–Kier alpha value is -1.53. The molecule has 1 unspecified atom stereocenters. The first-order valence-electron chi connectivity index (χ1n) is 6.36. The monoisotopic (exact) mass is 296 g/mol. The van der Waals surface area contributed by atoms with Gasteiger partial charge in [0.15, 0.2) is 0 Å². The minimum atomic E-state index is -1.01. The van der Waals surface area contributed by atoms with Crippen LogP contribution in [0.25, 0.3) is 0 Å². The number of rotatable bonds is 8. The molecule has 1 rings (SSSR count). The molecule has 5 nitrogen and oxygen atoms in total. The van der Waals surface area contributed by atoms with E-state index in [-0.39, 0.29) is 12.3 Å². The van der Waals surface area contributed by atoms with Crippen LogP contribution < -0.4 is 11.1 Å². The first kappa shape index (κ1) is 16.5. The molecule has 0 radical (unpaired) electrons. The summed E-state index contributed by atoms with van der Waals surface area (Å²) >= 11 is 1.55. The third kappa shape index (κ3) is 5.63. The van der Waals surface area contributed by atoms with Crippen molar-refractivity contribution < 1.29 is 14.7 Å². The van der Waals surface area contributed by atoms with Crippen LogP contribution in [0.4, 0.5) is 0 Å². The number of nitrogens with one attached hydrogen (secondary N) is 1. The molecule has 2 atom stereocenters. The summed E-state index contributed by atoms with van der Waals surface area (Å²) in [7, 11) is 0. The van der Waals surface area contributed by atoms with E-state index in [0.29, 0.717) is 12.2 Å². The first-order valence-corrected chi connectivity index (χ1v) is 7.75. The van der Waals surface area contributed by atoms with E-state index in [9.17, 15) is 9.59 Å². The Morgan fingerprint density at radius 2 is 2.00 bits per heavy atom. The smallest absolute Gasteiger partial charge is 0.326 e. The number of carboxylic acids is 1. The first-order chi connectivity index (χ1) is 9.54. The molecule has 1 aromatic rings. The van der Waals surface area contributed by atoms with Gasteiger partial charge in [-0.05, 0) is 24.0 Å². The largest absolute Gasteiger partial charge is 0.480 e. The van der Waals surface area contributed by atoms with Gasteiger partial charge in [-0.2, -0.15) is 11.8 Å². The number of carbonyl (C=O) groups excluding carboxylic acids is 1. The molecule has 1 aromatic carbocycles. The maximum Gasteiger partial charge on any atom is 0.326 e. The summed E-state index contributed by atoms with van der Waals surface area (Å²) < 4.78 is 0. The number of benzene rings is 1. The molecule has 0 fully saturated rings. The topological polar surface area (TPSA) is 92.4 Å². The van der Waals surface area contributed by atoms with Gasteiger partial charge in [-0.15, -0.1) is 0 Å². The molecular formula is C14H20N2O3S. The lowest BCUT2D eigenvalue weighted by atomic mass is 10.0. The molecule has 0 aromatic heterocycles. The van der Waals surface area contributed by atoms with E-state index < -0.39 is 18.1 Å². The highest BCUT2D eigenvalue weighted by molar-refractivity contribution is 7.98. The Balaban J connectivity index is 2.51. The summed E-state index contributed by atoms with van der Waals surface area (Å²) in [6.45, 7) is 0. The normalized spacial score (nSPS) is 13.5. The van der Waals surface area contributed by atoms with Crippen LogP contribution in [0.3, 0.4) is 0 Å². The van der Waals surface area contributed by atoms with Crippen molar-refractivity contribution in [3.8, 4) is 0 Å². The number of carbonyl (C=O) groups is 2. The van der Waals surface area contributed by atoms with Crippen molar-refractivity contribution in [1.82, 2.24) is 5.32 Å². The van der Waals surface area contributed by atoms with Crippen LogP contribution in [0.15, 0.2) is 30.3 Å². The zero-order chi connectivity index (χ0) is 15.0. The van der Waals surface area contributed by atoms with Gasteiger partial charge in [0.2, 0.25) is 5.91 Å². The van der Waals surface area contributed by atoms with Gasteiger partial charge in [-0.25, -0.2) is 4.79 Å². The molecule has 6 heteroatoms. The molecule has 0 saturated heterocycles. The van der Waals surface area contributed by atoms with Crippen LogP contribution in [-0.4, -0.2) is 35.0 Å². The quantitative estimate of drug-likeness (QED) is 0.674. The fourth-order valence-electron chi connectivity index (χ4n) is 1.76. The van der Waals surface area contributed by atoms with Crippen molar-refractivity contribution in [3.63, 3.8) is 0 Å². The Bertz CT molecular complexity index is 439. The Morgan fingerprint density at radius 1 is 1.35 bits per heavy atom. The molecule has 0 heterocycles. The summed E-state index contributed by atoms with van der Waals surface area (Å²) in [6, 6.07) is 8.00. The molecule has 0 saturated carbocycles. The van der Waals surface area contributed by atoms with Crippen molar-refractivity contribution in [2.24, 2.45) is 5.73 Å². The van der Waals surface area contributed by atoms with E-state index in [4.69, 9.17) is 10.8 Å². The second kappa shape index (κ2) is 8.60. The van der Waals surface area contributed by atoms with Crippen LogP contribution in [0.5, 0.6) is 0 Å². The second-order valence-corrected chi connectivity index (χ2v) is 5.45. The van der Waals surface area contributed by atoms with Crippen molar-refractivity contribution in [2.75, 3.05) is 12.0 Å². The Kier molecular flexibility index (Phi) is 7.11. The number of carboxylic acid groups (broad SMARTS) is 1. The van der Waals surface area contributed by atoms with Crippen LogP contribution in [0.2, 0.25) is 0 Å². The summed E-state index contributed by atoms with van der Waals surface area (Å²) in [5, 5.41) is 11.6. The lowest BCUT2D eigenvalue weighted by molar-refractivity contribution is -0.141. The SMILES string of the molecule is CSCC[C@@H](NC(=O)CC(N)c1ccccc1)C(=O)O. The van der Waals surface area contributed by atoms with Crippen molar-refractivity contribution in [3.05, 3.63) is 35.9 Å². The zero-order valence-corrected chi connectivity index (χ0v) is 12.2. The lowest BCUT2D eigenvalue weighted by Gasteiger charge is -2.16. The predicted octanol–water partition coefficient (Wildman–Crippen LogP) is 1.40. The third-order valence-electron chi connectivity index (χ3n) is 2.88. The molecule has 0 aliphatic carbocycles. The summed E-state index contributed by atoms with van der Waals surface area (Å²) in [6.07, 6.45) is 2.38. The van der Waals surface area contributed by atoms with E-state index >= 15 is 0 Å². The van der Waals surface area contributed by atoms with E-state index in [1.165, 1.54) is 0 Å². The van der Waals surface area contributed by atoms with Gasteiger partial charge in [0.05, 0.1) is 0 Å². The molecule has 0 bridgehead atoms. The molecule has 0 aliphatic heterocycles. The molecule has 20 heavy (non-hydrogen) atoms. The van der Waals surface area contributed by atoms with E-state index in [1.807, 2.05) is 36.6 Å². The van der Waals surface area contributed by atoms with Gasteiger partial charge in [0, 0.05) is 12.5 Å². The highest BCUT2D eigenvalue weighted by Crippen LogP contribution is 2.13. The van der Waals surface area contributed by atoms with Gasteiger partial charge in [0.25, 0.3) is 0 Å². The molecule has 4 N–H and O–H groups in total. The molecule has 0 spiro atoms. The van der Waals surface area contributed by atoms with Crippen LogP contribution in [0.1, 0.15) is 24.4 Å². The number of nitrogens with two attached hydrogens (primary N) is 1. The number of aliphatic carboxylic acids is 1. The average molecular weight is 296 g/mol. The van der Waals surface area contributed by atoms with E-state index in [2.05, 4.69) is 5.32 Å². The van der Waals surface area contributed by atoms with Crippen LogP contribution in [0, 0.1) is 0 Å². The fourth-order valence-corrected chi connectivity index (χ4v) is 2.24. The maximum absolute atomic E-state index is 11.8. The summed E-state index contributed by atoms with van der Waals surface area (Å²) in [5.74, 6) is -0.669. The minimum absolute atomic E-state index is 0.0764. The van der Waals surface area contributed by atoms with Gasteiger partial charge >= 0.3 is 5.97 Å². The van der Waals surface area contributed by atoms with Crippen LogP contribution in [-0.2, 0) is 9.59 Å². The highest BCUT2D eigenvalue weighted by Gasteiger charge is 2.20. The minimum Gasteiger partial charge on any atom is -0.480 e. The van der Waals surface area contributed by atoms with E-state index in [0.717, 1.165) is 5.56 Å². The summed E-state index contributed by atoms with van der Waals surface area (Å²) in [5.41, 5.74) is 6.80. The van der Waals surface area contributed by atoms with Gasteiger partial charge in [-0.3, -0.25) is 4.79 Å². The molecular weight excluding hydrogens is 276 g/mol. The van der Waals surface area contributed by atoms with Crippen LogP contribution >= 0.6 is 11.8 Å². The Labute approximate surface area is 122 Å². The molecule has 110 valence electrons. The standard InChI is InChI=1S/C14H20N2O3S/c1-20-8-7-12(14(18)19)16-13(17)9-11(15)10-5-3-2-4-6-10/h2-6,11-12H,7-9,15H2,1H3,(H,16,17)(H,18,19)/t11?,12-/m1/s1. The average Bonchev–Trinajstić information content (AvgIpc) is 2.44. The maximum atomic E-state index is 11.8. The van der Waals surface area contributed by atoms with Crippen molar-refractivity contribution >= 4 is 23.6 Å². The fraction of sp³-hybridized carbons (Fsp3) is 0.429. The zero-order valence-electron chi connectivity index (χ0n) is 11.4. The number of hydrogen-bond acceptors (Lipinski definition) is 4. The molecule has 1 amide bonds. The summed E-state index contributed by atoms with van der Waals surface area (Å²) in [4.78, 5) is 22.9. The van der Waals surface area contributed by atoms with Crippen molar-refractivity contribution in [2.45, 2.75) is 24.9 Å². The highest BCUT2D eigenvalue weighted by atomic mass is 32.2. The predicted molar refractivity (Wildman–Crippen MR) is 80.6 cm³/mol. The van der Waals surface area contributed by atoms with E-state index in [1.54, 1.807) is 11.8 Å². The van der Waals surface area contributed by atoms with Gasteiger partial charge in [0.1, 0.15) is 6.04 Å². The number of thioether (sulfide) groups is 1.